The van der Waals surface area contributed by atoms with Crippen molar-refractivity contribution in [3.63, 3.8) is 0 Å². The zero-order valence-corrected chi connectivity index (χ0v) is 14.3. The number of nitrogens with one attached hydrogen (secondary N) is 1. The second-order valence-corrected chi connectivity index (χ2v) is 6.83. The summed E-state index contributed by atoms with van der Waals surface area (Å²) < 4.78 is 5.07. The fourth-order valence-electron chi connectivity index (χ4n) is 3.19. The Morgan fingerprint density at radius 3 is 2.52 bits per heavy atom. The van der Waals surface area contributed by atoms with Gasteiger partial charge in [0.2, 0.25) is 0 Å². The van der Waals surface area contributed by atoms with Gasteiger partial charge in [0, 0.05) is 16.9 Å². The van der Waals surface area contributed by atoms with Crippen molar-refractivity contribution in [3.05, 3.63) is 11.3 Å². The van der Waals surface area contributed by atoms with Crippen LogP contribution < -0.4 is 5.32 Å². The molecule has 4 unspecified atom stereocenters. The van der Waals surface area contributed by atoms with Crippen LogP contribution in [0, 0.1) is 11.8 Å². The molecule has 0 spiro atoms. The van der Waals surface area contributed by atoms with Crippen LogP contribution in [0.2, 0.25) is 0 Å². The third-order valence-corrected chi connectivity index (χ3v) is 5.62. The van der Waals surface area contributed by atoms with Crippen LogP contribution in [-0.4, -0.2) is 40.7 Å². The summed E-state index contributed by atoms with van der Waals surface area (Å²) in [5.41, 5.74) is 0.530. The maximum atomic E-state index is 12.1. The van der Waals surface area contributed by atoms with Crippen molar-refractivity contribution < 1.29 is 19.4 Å². The lowest BCUT2D eigenvalue weighted by Crippen LogP contribution is -2.62. The average molecular weight is 315 g/mol. The normalized spacial score (nSPS) is 30.6. The first-order valence-corrected chi connectivity index (χ1v) is 8.41. The molecule has 120 valence electrons. The van der Waals surface area contributed by atoms with Gasteiger partial charge in [0.05, 0.1) is 23.6 Å². The molecule has 0 saturated carbocycles. The molecular weight excluding hydrogens is 290 g/mol. The van der Waals surface area contributed by atoms with Gasteiger partial charge in [-0.25, -0.2) is 4.79 Å². The van der Waals surface area contributed by atoms with Crippen LogP contribution >= 0.6 is 11.8 Å². The summed E-state index contributed by atoms with van der Waals surface area (Å²) in [6.45, 7) is 9.53. The second-order valence-electron chi connectivity index (χ2n) is 5.65. The summed E-state index contributed by atoms with van der Waals surface area (Å²) in [4.78, 5) is 23.9. The van der Waals surface area contributed by atoms with Gasteiger partial charge in [0.15, 0.2) is 0 Å². The van der Waals surface area contributed by atoms with E-state index in [2.05, 4.69) is 5.32 Å². The van der Waals surface area contributed by atoms with E-state index in [1.54, 1.807) is 25.6 Å². The number of allylic oxidation sites excluding steroid dienone is 1. The standard InChI is InChI=1S/C15H25NO4S/c1-7-20-14(19)11-8(2)12(13(17)18)15(5,10(4)21-6)16-9(11)3/h8,10,12,16H,7H2,1-6H3,(H,17,18). The lowest BCUT2D eigenvalue weighted by atomic mass is 9.69. The molecular formula is C15H25NO4S. The summed E-state index contributed by atoms with van der Waals surface area (Å²) in [6.07, 6.45) is 1.96. The highest BCUT2D eigenvalue weighted by atomic mass is 32.2. The molecule has 0 aliphatic carbocycles. The van der Waals surface area contributed by atoms with Crippen LogP contribution in [0.25, 0.3) is 0 Å². The van der Waals surface area contributed by atoms with E-state index in [1.807, 2.05) is 27.0 Å². The minimum Gasteiger partial charge on any atom is -0.481 e. The molecule has 0 saturated heterocycles. The first-order chi connectivity index (χ1) is 9.70. The Morgan fingerprint density at radius 2 is 2.10 bits per heavy atom. The van der Waals surface area contributed by atoms with Crippen molar-refractivity contribution >= 4 is 23.7 Å². The maximum Gasteiger partial charge on any atom is 0.336 e. The van der Waals surface area contributed by atoms with Crippen LogP contribution in [0.5, 0.6) is 0 Å². The zero-order valence-electron chi connectivity index (χ0n) is 13.5. The Balaban J connectivity index is 3.33. The molecule has 0 amide bonds. The summed E-state index contributed by atoms with van der Waals surface area (Å²) in [5, 5.41) is 13.0. The van der Waals surface area contributed by atoms with Gasteiger partial charge in [-0.3, -0.25) is 4.79 Å². The number of carbonyl (C=O) groups excluding carboxylic acids is 1. The largest absolute Gasteiger partial charge is 0.481 e. The molecule has 0 fully saturated rings. The van der Waals surface area contributed by atoms with Gasteiger partial charge in [0.1, 0.15) is 0 Å². The van der Waals surface area contributed by atoms with E-state index in [0.29, 0.717) is 11.3 Å². The molecule has 1 heterocycles. The summed E-state index contributed by atoms with van der Waals surface area (Å²) in [5.74, 6) is -2.42. The minimum absolute atomic E-state index is 0.0831. The van der Waals surface area contributed by atoms with E-state index >= 15 is 0 Å². The Kier molecular flexibility index (Phi) is 5.73. The highest BCUT2D eigenvalue weighted by molar-refractivity contribution is 7.99. The highest BCUT2D eigenvalue weighted by Crippen LogP contribution is 2.41. The number of carboxylic acid groups (broad SMARTS) is 1. The number of hydrogen-bond donors (Lipinski definition) is 2. The van der Waals surface area contributed by atoms with Gasteiger partial charge < -0.3 is 15.2 Å². The predicted octanol–water partition coefficient (Wildman–Crippen LogP) is 2.27. The number of ether oxygens (including phenoxy) is 1. The van der Waals surface area contributed by atoms with Crippen LogP contribution in [0.1, 0.15) is 34.6 Å². The molecule has 1 aliphatic rings. The number of carbonyl (C=O) groups is 2. The molecule has 0 aromatic heterocycles. The third kappa shape index (κ3) is 3.20. The quantitative estimate of drug-likeness (QED) is 0.758. The Morgan fingerprint density at radius 1 is 1.52 bits per heavy atom. The molecule has 2 N–H and O–H groups in total. The van der Waals surface area contributed by atoms with Crippen LogP contribution in [0.3, 0.4) is 0 Å². The van der Waals surface area contributed by atoms with Gasteiger partial charge >= 0.3 is 11.9 Å². The second kappa shape index (κ2) is 6.73. The summed E-state index contributed by atoms with van der Waals surface area (Å²) in [7, 11) is 0. The van der Waals surface area contributed by atoms with Gasteiger partial charge in [-0.15, -0.1) is 0 Å². The molecule has 5 nitrogen and oxygen atoms in total. The first kappa shape index (κ1) is 17.9. The molecule has 0 bridgehead atoms. The van der Waals surface area contributed by atoms with E-state index in [0.717, 1.165) is 0 Å². The van der Waals surface area contributed by atoms with Gasteiger partial charge in [0.25, 0.3) is 0 Å². The van der Waals surface area contributed by atoms with Crippen molar-refractivity contribution in [1.82, 2.24) is 5.32 Å². The van der Waals surface area contributed by atoms with Gasteiger partial charge in [-0.1, -0.05) is 13.8 Å². The lowest BCUT2D eigenvalue weighted by Gasteiger charge is -2.48. The topological polar surface area (TPSA) is 75.6 Å². The van der Waals surface area contributed by atoms with Crippen molar-refractivity contribution in [2.45, 2.75) is 45.4 Å². The zero-order chi connectivity index (χ0) is 16.4. The monoisotopic (exact) mass is 315 g/mol. The number of hydrogen-bond acceptors (Lipinski definition) is 5. The third-order valence-electron chi connectivity index (χ3n) is 4.42. The molecule has 1 aliphatic heterocycles. The first-order valence-electron chi connectivity index (χ1n) is 7.12. The van der Waals surface area contributed by atoms with Crippen molar-refractivity contribution in [2.24, 2.45) is 11.8 Å². The Hall–Kier alpha value is -1.17. The predicted molar refractivity (Wildman–Crippen MR) is 84.1 cm³/mol. The Labute approximate surface area is 130 Å². The number of thioether (sulfide) groups is 1. The van der Waals surface area contributed by atoms with E-state index in [9.17, 15) is 14.7 Å². The van der Waals surface area contributed by atoms with Crippen molar-refractivity contribution in [1.29, 1.82) is 0 Å². The van der Waals surface area contributed by atoms with Crippen LogP contribution in [0.4, 0.5) is 0 Å². The molecule has 0 aromatic carbocycles. The minimum atomic E-state index is -0.896. The molecule has 4 atom stereocenters. The Bertz CT molecular complexity index is 463. The van der Waals surface area contributed by atoms with Crippen LogP contribution in [0.15, 0.2) is 11.3 Å². The van der Waals surface area contributed by atoms with Crippen molar-refractivity contribution in [2.75, 3.05) is 12.9 Å². The fraction of sp³-hybridized carbons (Fsp3) is 0.733. The van der Waals surface area contributed by atoms with E-state index < -0.39 is 29.3 Å². The smallest absolute Gasteiger partial charge is 0.336 e. The lowest BCUT2D eigenvalue weighted by molar-refractivity contribution is -0.147. The highest BCUT2D eigenvalue weighted by Gasteiger charge is 2.51. The SMILES string of the molecule is CCOC(=O)C1=C(C)NC(C)(C(C)SC)C(C(=O)O)C1C. The molecule has 1 rings (SSSR count). The number of carboxylic acids is 1. The van der Waals surface area contributed by atoms with Gasteiger partial charge in [-0.05, 0) is 27.0 Å². The molecule has 0 aromatic rings. The van der Waals surface area contributed by atoms with Crippen LogP contribution in [-0.2, 0) is 14.3 Å². The van der Waals surface area contributed by atoms with Crippen molar-refractivity contribution in [3.8, 4) is 0 Å². The van der Waals surface area contributed by atoms with E-state index in [4.69, 9.17) is 4.74 Å². The molecule has 21 heavy (non-hydrogen) atoms. The summed E-state index contributed by atoms with van der Waals surface area (Å²) >= 11 is 1.61. The average Bonchev–Trinajstić information content (AvgIpc) is 2.36. The molecule has 6 heteroatoms. The number of rotatable bonds is 5. The fourth-order valence-corrected chi connectivity index (χ4v) is 3.89. The summed E-state index contributed by atoms with van der Waals surface area (Å²) in [6, 6.07) is 0. The number of aliphatic carboxylic acids is 1. The van der Waals surface area contributed by atoms with E-state index in [1.165, 1.54) is 0 Å². The number of esters is 1. The van der Waals surface area contributed by atoms with E-state index in [-0.39, 0.29) is 11.9 Å². The van der Waals surface area contributed by atoms with Gasteiger partial charge in [-0.2, -0.15) is 11.8 Å². The molecule has 0 radical (unpaired) electrons. The maximum absolute atomic E-state index is 12.1.